The average molecular weight is 710 g/mol. The van der Waals surface area contributed by atoms with Crippen LogP contribution in [0.15, 0.2) is 12.3 Å². The predicted molar refractivity (Wildman–Crippen MR) is 220 cm³/mol. The number of hydrogen-bond acceptors (Lipinski definition) is 5. The molecule has 0 bridgehead atoms. The van der Waals surface area contributed by atoms with Gasteiger partial charge in [0.25, 0.3) is 0 Å². The van der Waals surface area contributed by atoms with Gasteiger partial charge in [0.1, 0.15) is 6.10 Å². The van der Waals surface area contributed by atoms with E-state index in [9.17, 15) is 9.90 Å². The molecule has 5 nitrogen and oxygen atoms in total. The molecule has 0 atom stereocenters. The third-order valence-electron chi connectivity index (χ3n) is 9.75. The molecule has 0 aromatic rings. The number of esters is 1. The second kappa shape index (κ2) is 44.1. The van der Waals surface area contributed by atoms with Crippen LogP contribution in [0.4, 0.5) is 0 Å². The van der Waals surface area contributed by atoms with E-state index in [2.05, 4.69) is 39.2 Å². The lowest BCUT2D eigenvalue weighted by atomic mass is 10.0. The molecule has 1 N–H and O–H groups in total. The van der Waals surface area contributed by atoms with Gasteiger partial charge in [-0.2, -0.15) is 0 Å². The molecule has 5 heteroatoms. The Morgan fingerprint density at radius 2 is 0.920 bits per heavy atom. The zero-order valence-electron chi connectivity index (χ0n) is 34.9. The predicted octanol–water partition coefficient (Wildman–Crippen LogP) is 13.9. The number of aliphatic hydroxyl groups excluding tert-OH is 1. The van der Waals surface area contributed by atoms with Crippen LogP contribution in [-0.2, 0) is 14.3 Å². The lowest BCUT2D eigenvalue weighted by Crippen LogP contribution is -2.29. The highest BCUT2D eigenvalue weighted by Gasteiger charge is 2.14. The molecule has 0 aliphatic rings. The van der Waals surface area contributed by atoms with Crippen molar-refractivity contribution in [1.29, 1.82) is 0 Å². The van der Waals surface area contributed by atoms with Crippen molar-refractivity contribution in [2.24, 2.45) is 0 Å². The first-order valence-corrected chi connectivity index (χ1v) is 22.3. The molecule has 0 radical (unpaired) electrons. The van der Waals surface area contributed by atoms with Gasteiger partial charge in [-0.3, -0.25) is 4.79 Å². The molecule has 0 unspecified atom stereocenters. The lowest BCUT2D eigenvalue weighted by molar-refractivity contribution is -0.150. The number of carbonyl (C=O) groups excluding carboxylic acids is 1. The first kappa shape index (κ1) is 51.0. The van der Waals surface area contributed by atoms with E-state index in [1.807, 2.05) is 6.92 Å². The van der Waals surface area contributed by atoms with Crippen molar-refractivity contribution >= 4 is 5.97 Å². The third kappa shape index (κ3) is 43.1. The first-order chi connectivity index (χ1) is 24.4. The number of nitrogens with zero attached hydrogens (tertiary/aromatic N) is 1. The standard InChI is InChI=1S/C35H69NO4.C10H22/c1-5-7-9-11-14-19-25-34(26-20-15-12-10-8-6-2)40-35(38)27-21-16-13-17-22-28-36(30-31-37)29-23-18-24-32-39-33(3)4;1-3-5-7-9-10-8-6-4-2/h34,37H,3,5-32H2,1-2,4H3;3-10H2,1-2H3. The average Bonchev–Trinajstić information content (AvgIpc) is 3.10. The normalized spacial score (nSPS) is 11.2. The van der Waals surface area contributed by atoms with Gasteiger partial charge in [-0.1, -0.05) is 169 Å². The van der Waals surface area contributed by atoms with Gasteiger partial charge in [-0.25, -0.2) is 0 Å². The number of aliphatic hydroxyl groups is 1. The lowest BCUT2D eigenvalue weighted by Gasteiger charge is -2.21. The minimum Gasteiger partial charge on any atom is -0.499 e. The van der Waals surface area contributed by atoms with Crippen LogP contribution < -0.4 is 0 Å². The van der Waals surface area contributed by atoms with Crippen molar-refractivity contribution in [2.75, 3.05) is 32.8 Å². The van der Waals surface area contributed by atoms with Crippen molar-refractivity contribution in [3.8, 4) is 0 Å². The molecule has 300 valence electrons. The summed E-state index contributed by atoms with van der Waals surface area (Å²) in [5.41, 5.74) is 0. The number of rotatable bonds is 39. The van der Waals surface area contributed by atoms with Gasteiger partial charge in [0.15, 0.2) is 0 Å². The molecule has 0 rings (SSSR count). The van der Waals surface area contributed by atoms with Crippen molar-refractivity contribution < 1.29 is 19.4 Å². The maximum absolute atomic E-state index is 12.6. The highest BCUT2D eigenvalue weighted by Crippen LogP contribution is 2.18. The third-order valence-corrected chi connectivity index (χ3v) is 9.75. The number of unbranched alkanes of at least 4 members (excludes halogenated alkanes) is 23. The van der Waals surface area contributed by atoms with Crippen LogP contribution in [0.5, 0.6) is 0 Å². The Labute approximate surface area is 314 Å². The molecule has 50 heavy (non-hydrogen) atoms. The Kier molecular flexibility index (Phi) is 45.0. The molecule has 0 saturated heterocycles. The van der Waals surface area contributed by atoms with Crippen LogP contribution in [0.2, 0.25) is 0 Å². The van der Waals surface area contributed by atoms with E-state index in [4.69, 9.17) is 9.47 Å². The summed E-state index contributed by atoms with van der Waals surface area (Å²) >= 11 is 0. The van der Waals surface area contributed by atoms with Crippen LogP contribution in [-0.4, -0.2) is 54.9 Å². The Hall–Kier alpha value is -1.07. The largest absolute Gasteiger partial charge is 0.499 e. The molecule has 0 saturated carbocycles. The number of ether oxygens (including phenoxy) is 2. The van der Waals surface area contributed by atoms with Crippen molar-refractivity contribution in [3.63, 3.8) is 0 Å². The first-order valence-electron chi connectivity index (χ1n) is 22.3. The van der Waals surface area contributed by atoms with Crippen LogP contribution in [0.1, 0.15) is 234 Å². The summed E-state index contributed by atoms with van der Waals surface area (Å²) < 4.78 is 11.4. The molecular formula is C45H91NO4. The maximum atomic E-state index is 12.6. The Morgan fingerprint density at radius 1 is 0.540 bits per heavy atom. The molecular weight excluding hydrogens is 618 g/mol. The fourth-order valence-corrected chi connectivity index (χ4v) is 6.49. The van der Waals surface area contributed by atoms with Crippen LogP contribution >= 0.6 is 0 Å². The molecule has 0 aliphatic heterocycles. The maximum Gasteiger partial charge on any atom is 0.306 e. The summed E-state index contributed by atoms with van der Waals surface area (Å²) in [6.07, 6.45) is 38.6. The van der Waals surface area contributed by atoms with Gasteiger partial charge in [0.2, 0.25) is 0 Å². The molecule has 0 aromatic carbocycles. The minimum atomic E-state index is 0.0183. The van der Waals surface area contributed by atoms with Gasteiger partial charge in [0, 0.05) is 13.0 Å². The molecule has 0 fully saturated rings. The van der Waals surface area contributed by atoms with E-state index in [1.54, 1.807) is 0 Å². The van der Waals surface area contributed by atoms with Crippen molar-refractivity contribution in [3.05, 3.63) is 12.3 Å². The van der Waals surface area contributed by atoms with Crippen molar-refractivity contribution in [2.45, 2.75) is 240 Å². The summed E-state index contributed by atoms with van der Waals surface area (Å²) in [5, 5.41) is 9.39. The van der Waals surface area contributed by atoms with Gasteiger partial charge >= 0.3 is 5.97 Å². The molecule has 0 aromatic heterocycles. The summed E-state index contributed by atoms with van der Waals surface area (Å²) in [5.74, 6) is 0.805. The monoisotopic (exact) mass is 710 g/mol. The van der Waals surface area contributed by atoms with E-state index in [1.165, 1.54) is 135 Å². The Balaban J connectivity index is 0. The van der Waals surface area contributed by atoms with Gasteiger partial charge in [0.05, 0.1) is 19.0 Å². The fraction of sp³-hybridized carbons (Fsp3) is 0.933. The molecule has 0 aliphatic carbocycles. The van der Waals surface area contributed by atoms with E-state index < -0.39 is 0 Å². The summed E-state index contributed by atoms with van der Waals surface area (Å²) in [7, 11) is 0. The Bertz CT molecular complexity index is 645. The Morgan fingerprint density at radius 3 is 1.34 bits per heavy atom. The number of hydrogen-bond donors (Lipinski definition) is 1. The summed E-state index contributed by atoms with van der Waals surface area (Å²) in [6, 6.07) is 0. The summed E-state index contributed by atoms with van der Waals surface area (Å²) in [6.45, 7) is 18.5. The number of allylic oxidation sites excluding steroid dienone is 1. The van der Waals surface area contributed by atoms with Crippen LogP contribution in [0.25, 0.3) is 0 Å². The fourth-order valence-electron chi connectivity index (χ4n) is 6.49. The minimum absolute atomic E-state index is 0.0183. The van der Waals surface area contributed by atoms with E-state index in [0.717, 1.165) is 89.8 Å². The van der Waals surface area contributed by atoms with Gasteiger partial charge in [-0.15, -0.1) is 0 Å². The van der Waals surface area contributed by atoms with E-state index in [-0.39, 0.29) is 18.7 Å². The second-order valence-electron chi connectivity index (χ2n) is 15.0. The molecule has 0 heterocycles. The smallest absolute Gasteiger partial charge is 0.306 e. The van der Waals surface area contributed by atoms with Crippen molar-refractivity contribution in [1.82, 2.24) is 4.90 Å². The zero-order chi connectivity index (χ0) is 37.2. The topological polar surface area (TPSA) is 59.0 Å². The quantitative estimate of drug-likeness (QED) is 0.0391. The summed E-state index contributed by atoms with van der Waals surface area (Å²) in [4.78, 5) is 15.0. The number of carbonyl (C=O) groups is 1. The SMILES string of the molecule is C=C(C)OCCCCCN(CCO)CCCCCCCC(=O)OC(CCCCCCCC)CCCCCCCC.CCCCCCCCCC. The van der Waals surface area contributed by atoms with Gasteiger partial charge < -0.3 is 19.5 Å². The highest BCUT2D eigenvalue weighted by molar-refractivity contribution is 5.69. The van der Waals surface area contributed by atoms with Crippen LogP contribution in [0, 0.1) is 0 Å². The molecule has 0 amide bonds. The van der Waals surface area contributed by atoms with Crippen LogP contribution in [0.3, 0.4) is 0 Å². The van der Waals surface area contributed by atoms with E-state index >= 15 is 0 Å². The van der Waals surface area contributed by atoms with Gasteiger partial charge in [-0.05, 0) is 77.8 Å². The zero-order valence-corrected chi connectivity index (χ0v) is 34.9. The molecule has 0 spiro atoms. The second-order valence-corrected chi connectivity index (χ2v) is 15.0. The highest BCUT2D eigenvalue weighted by atomic mass is 16.5. The van der Waals surface area contributed by atoms with E-state index in [0.29, 0.717) is 6.42 Å².